The highest BCUT2D eigenvalue weighted by atomic mass is 127. The van der Waals surface area contributed by atoms with E-state index in [9.17, 15) is 4.79 Å². The third kappa shape index (κ3) is 2.93. The van der Waals surface area contributed by atoms with Gasteiger partial charge in [-0.2, -0.15) is 0 Å². The van der Waals surface area contributed by atoms with Crippen LogP contribution in [0.3, 0.4) is 0 Å². The molecule has 1 aromatic carbocycles. The van der Waals surface area contributed by atoms with Crippen molar-refractivity contribution in [1.29, 1.82) is 0 Å². The SMILES string of the molecule is NC1CCC2CN(C(=O)COc3ccc(I)cc3)CC12. The number of fused-ring (bicyclic) bond motifs is 1. The minimum absolute atomic E-state index is 0.0742. The van der Waals surface area contributed by atoms with Gasteiger partial charge in [0, 0.05) is 22.7 Å². The van der Waals surface area contributed by atoms with Crippen LogP contribution in [0, 0.1) is 15.4 Å². The molecule has 108 valence electrons. The van der Waals surface area contributed by atoms with Gasteiger partial charge in [-0.25, -0.2) is 0 Å². The van der Waals surface area contributed by atoms with Gasteiger partial charge in [-0.15, -0.1) is 0 Å². The minimum Gasteiger partial charge on any atom is -0.484 e. The maximum Gasteiger partial charge on any atom is 0.260 e. The lowest BCUT2D eigenvalue weighted by molar-refractivity contribution is -0.132. The Bertz CT molecular complexity index is 491. The zero-order valence-corrected chi connectivity index (χ0v) is 13.5. The zero-order valence-electron chi connectivity index (χ0n) is 11.3. The average molecular weight is 386 g/mol. The lowest BCUT2D eigenvalue weighted by Gasteiger charge is -2.19. The molecule has 1 saturated heterocycles. The van der Waals surface area contributed by atoms with Crippen molar-refractivity contribution in [3.63, 3.8) is 0 Å². The molecule has 1 aliphatic carbocycles. The van der Waals surface area contributed by atoms with Crippen LogP contribution >= 0.6 is 22.6 Å². The first-order valence-corrected chi connectivity index (χ1v) is 8.13. The van der Waals surface area contributed by atoms with Gasteiger partial charge in [0.25, 0.3) is 5.91 Å². The lowest BCUT2D eigenvalue weighted by Crippen LogP contribution is -2.36. The van der Waals surface area contributed by atoms with Crippen LogP contribution in [0.5, 0.6) is 5.75 Å². The third-order valence-electron chi connectivity index (χ3n) is 4.44. The Balaban J connectivity index is 1.52. The summed E-state index contributed by atoms with van der Waals surface area (Å²) in [5, 5.41) is 0. The van der Waals surface area contributed by atoms with Gasteiger partial charge in [-0.3, -0.25) is 4.79 Å². The number of hydrogen-bond donors (Lipinski definition) is 1. The van der Waals surface area contributed by atoms with Crippen molar-refractivity contribution in [2.75, 3.05) is 19.7 Å². The maximum absolute atomic E-state index is 12.2. The van der Waals surface area contributed by atoms with E-state index in [0.717, 1.165) is 35.3 Å². The predicted octanol–water partition coefficient (Wildman–Crippen LogP) is 1.87. The van der Waals surface area contributed by atoms with Crippen LogP contribution in [0.15, 0.2) is 24.3 Å². The van der Waals surface area contributed by atoms with E-state index in [2.05, 4.69) is 22.6 Å². The number of likely N-dealkylation sites (tertiary alicyclic amines) is 1. The number of hydrogen-bond acceptors (Lipinski definition) is 3. The molecule has 0 bridgehead atoms. The fraction of sp³-hybridized carbons (Fsp3) is 0.533. The van der Waals surface area contributed by atoms with Gasteiger partial charge in [0.05, 0.1) is 0 Å². The molecule has 1 aliphatic heterocycles. The predicted molar refractivity (Wildman–Crippen MR) is 85.4 cm³/mol. The number of nitrogens with two attached hydrogens (primary N) is 1. The van der Waals surface area contributed by atoms with E-state index in [4.69, 9.17) is 10.5 Å². The van der Waals surface area contributed by atoms with Crippen molar-refractivity contribution >= 4 is 28.5 Å². The molecular weight excluding hydrogens is 367 g/mol. The van der Waals surface area contributed by atoms with Gasteiger partial charge in [-0.05, 0) is 71.5 Å². The molecule has 3 unspecified atom stereocenters. The van der Waals surface area contributed by atoms with E-state index in [1.54, 1.807) is 0 Å². The summed E-state index contributed by atoms with van der Waals surface area (Å²) < 4.78 is 6.71. The molecule has 3 rings (SSSR count). The summed E-state index contributed by atoms with van der Waals surface area (Å²) in [7, 11) is 0. The molecule has 1 aromatic rings. The van der Waals surface area contributed by atoms with Crippen molar-refractivity contribution in [3.8, 4) is 5.75 Å². The second-order valence-corrected chi connectivity index (χ2v) is 6.95. The van der Waals surface area contributed by atoms with Gasteiger partial charge in [0.2, 0.25) is 0 Å². The van der Waals surface area contributed by atoms with Crippen molar-refractivity contribution in [2.24, 2.45) is 17.6 Å². The molecule has 2 N–H and O–H groups in total. The topological polar surface area (TPSA) is 55.6 Å². The highest BCUT2D eigenvalue weighted by Gasteiger charge is 2.42. The van der Waals surface area contributed by atoms with E-state index in [-0.39, 0.29) is 18.6 Å². The molecule has 5 heteroatoms. The minimum atomic E-state index is 0.0742. The first-order valence-electron chi connectivity index (χ1n) is 7.05. The summed E-state index contributed by atoms with van der Waals surface area (Å²) in [6.45, 7) is 1.78. The second-order valence-electron chi connectivity index (χ2n) is 5.71. The van der Waals surface area contributed by atoms with Gasteiger partial charge in [0.15, 0.2) is 6.61 Å². The molecule has 1 heterocycles. The molecule has 3 atom stereocenters. The third-order valence-corrected chi connectivity index (χ3v) is 5.16. The first kappa shape index (κ1) is 14.1. The van der Waals surface area contributed by atoms with Crippen LogP contribution in [-0.4, -0.2) is 36.5 Å². The normalized spacial score (nSPS) is 28.5. The summed E-state index contributed by atoms with van der Waals surface area (Å²) in [4.78, 5) is 14.1. The number of halogens is 1. The van der Waals surface area contributed by atoms with Crippen LogP contribution in [0.4, 0.5) is 0 Å². The fourth-order valence-corrected chi connectivity index (χ4v) is 3.64. The molecular formula is C15H19IN2O2. The Kier molecular flexibility index (Phi) is 4.16. The number of amides is 1. The molecule has 0 spiro atoms. The van der Waals surface area contributed by atoms with Crippen LogP contribution in [0.2, 0.25) is 0 Å². The quantitative estimate of drug-likeness (QED) is 0.808. The van der Waals surface area contributed by atoms with Gasteiger partial charge in [0.1, 0.15) is 5.75 Å². The van der Waals surface area contributed by atoms with Crippen molar-refractivity contribution in [3.05, 3.63) is 27.8 Å². The largest absolute Gasteiger partial charge is 0.484 e. The van der Waals surface area contributed by atoms with E-state index in [0.29, 0.717) is 11.8 Å². The molecule has 0 radical (unpaired) electrons. The highest BCUT2D eigenvalue weighted by molar-refractivity contribution is 14.1. The number of rotatable bonds is 3. The molecule has 20 heavy (non-hydrogen) atoms. The molecule has 0 aromatic heterocycles. The molecule has 4 nitrogen and oxygen atoms in total. The van der Waals surface area contributed by atoms with Crippen molar-refractivity contribution < 1.29 is 9.53 Å². The van der Waals surface area contributed by atoms with Crippen molar-refractivity contribution in [1.82, 2.24) is 4.90 Å². The lowest BCUT2D eigenvalue weighted by atomic mass is 9.98. The summed E-state index contributed by atoms with van der Waals surface area (Å²) in [6, 6.07) is 8.00. The summed E-state index contributed by atoms with van der Waals surface area (Å²) in [6.07, 6.45) is 2.27. The molecule has 1 saturated carbocycles. The summed E-state index contributed by atoms with van der Waals surface area (Å²) in [5.41, 5.74) is 6.09. The second kappa shape index (κ2) is 5.89. The first-order chi connectivity index (χ1) is 9.63. The van der Waals surface area contributed by atoms with Crippen LogP contribution in [-0.2, 0) is 4.79 Å². The summed E-state index contributed by atoms with van der Waals surface area (Å²) in [5.74, 6) is 1.92. The Morgan fingerprint density at radius 1 is 1.30 bits per heavy atom. The molecule has 2 fully saturated rings. The standard InChI is InChI=1S/C15H19IN2O2/c16-11-2-4-12(5-3-11)20-9-15(19)18-7-10-1-6-14(17)13(10)8-18/h2-5,10,13-14H,1,6-9,17H2. The molecule has 1 amide bonds. The number of carbonyl (C=O) groups excluding carboxylic acids is 1. The van der Waals surface area contributed by atoms with Gasteiger partial charge < -0.3 is 15.4 Å². The van der Waals surface area contributed by atoms with E-state index < -0.39 is 0 Å². The van der Waals surface area contributed by atoms with E-state index >= 15 is 0 Å². The van der Waals surface area contributed by atoms with E-state index in [1.807, 2.05) is 29.2 Å². The van der Waals surface area contributed by atoms with E-state index in [1.165, 1.54) is 0 Å². The Labute approximate surface area is 132 Å². The van der Waals surface area contributed by atoms with Crippen LogP contribution in [0.25, 0.3) is 0 Å². The van der Waals surface area contributed by atoms with Gasteiger partial charge in [-0.1, -0.05) is 0 Å². The highest BCUT2D eigenvalue weighted by Crippen LogP contribution is 2.37. The number of nitrogens with zero attached hydrogens (tertiary/aromatic N) is 1. The number of ether oxygens (including phenoxy) is 1. The number of benzene rings is 1. The number of carbonyl (C=O) groups is 1. The molecule has 2 aliphatic rings. The summed E-state index contributed by atoms with van der Waals surface area (Å²) >= 11 is 2.24. The van der Waals surface area contributed by atoms with Crippen LogP contribution < -0.4 is 10.5 Å². The Hall–Kier alpha value is -0.820. The fourth-order valence-electron chi connectivity index (χ4n) is 3.28. The smallest absolute Gasteiger partial charge is 0.260 e. The Morgan fingerprint density at radius 3 is 2.75 bits per heavy atom. The van der Waals surface area contributed by atoms with Gasteiger partial charge >= 0.3 is 0 Å². The van der Waals surface area contributed by atoms with Crippen LogP contribution in [0.1, 0.15) is 12.8 Å². The average Bonchev–Trinajstić information content (AvgIpc) is 3.01. The maximum atomic E-state index is 12.2. The Morgan fingerprint density at radius 2 is 2.05 bits per heavy atom. The zero-order chi connectivity index (χ0) is 14.1. The monoisotopic (exact) mass is 386 g/mol. The van der Waals surface area contributed by atoms with Crippen molar-refractivity contribution in [2.45, 2.75) is 18.9 Å².